The van der Waals surface area contributed by atoms with Crippen molar-refractivity contribution < 1.29 is 19.4 Å². The molecule has 0 saturated heterocycles. The number of ether oxygens (including phenoxy) is 2. The molecule has 1 aliphatic heterocycles. The molecule has 0 fully saturated rings. The first-order valence-corrected chi connectivity index (χ1v) is 5.00. The van der Waals surface area contributed by atoms with Gasteiger partial charge in [-0.25, -0.2) is 4.79 Å². The van der Waals surface area contributed by atoms with E-state index in [0.29, 0.717) is 5.76 Å². The van der Waals surface area contributed by atoms with E-state index in [2.05, 4.69) is 0 Å². The lowest BCUT2D eigenvalue weighted by molar-refractivity contribution is -0.198. The summed E-state index contributed by atoms with van der Waals surface area (Å²) in [5.41, 5.74) is -0.0725. The van der Waals surface area contributed by atoms with Gasteiger partial charge in [0.2, 0.25) is 6.29 Å². The van der Waals surface area contributed by atoms with E-state index in [9.17, 15) is 9.90 Å². The first kappa shape index (κ1) is 12.0. The van der Waals surface area contributed by atoms with E-state index >= 15 is 0 Å². The molecular weight excluding hydrogens is 196 g/mol. The van der Waals surface area contributed by atoms with Crippen LogP contribution in [0, 0.1) is 5.41 Å². The maximum absolute atomic E-state index is 11.6. The average molecular weight is 214 g/mol. The van der Waals surface area contributed by atoms with Gasteiger partial charge in [-0.1, -0.05) is 20.8 Å². The molecule has 0 spiro atoms. The molecule has 0 aromatic rings. The predicted molar refractivity (Wildman–Crippen MR) is 54.8 cm³/mol. The van der Waals surface area contributed by atoms with Crippen molar-refractivity contribution in [2.24, 2.45) is 5.41 Å². The van der Waals surface area contributed by atoms with Crippen molar-refractivity contribution in [1.82, 2.24) is 0 Å². The van der Waals surface area contributed by atoms with Crippen LogP contribution in [0.25, 0.3) is 0 Å². The normalized spacial score (nSPS) is 24.7. The van der Waals surface area contributed by atoms with Crippen LogP contribution in [0.2, 0.25) is 0 Å². The first-order chi connectivity index (χ1) is 6.73. The summed E-state index contributed by atoms with van der Waals surface area (Å²) in [5, 5.41) is 9.37. The van der Waals surface area contributed by atoms with Crippen molar-refractivity contribution in [3.63, 3.8) is 0 Å². The molecule has 4 heteroatoms. The second-order valence-electron chi connectivity index (χ2n) is 4.87. The van der Waals surface area contributed by atoms with Gasteiger partial charge in [0, 0.05) is 5.41 Å². The third kappa shape index (κ3) is 2.50. The molecule has 0 bridgehead atoms. The Morgan fingerprint density at radius 1 is 1.33 bits per heavy atom. The highest BCUT2D eigenvalue weighted by atomic mass is 16.7. The van der Waals surface area contributed by atoms with E-state index in [-0.39, 0.29) is 11.0 Å². The molecule has 0 radical (unpaired) electrons. The van der Waals surface area contributed by atoms with Gasteiger partial charge in [-0.2, -0.15) is 0 Å². The summed E-state index contributed by atoms with van der Waals surface area (Å²) in [6, 6.07) is 0. The number of cyclic esters (lactones) is 1. The lowest BCUT2D eigenvalue weighted by Gasteiger charge is -2.35. The van der Waals surface area contributed by atoms with Crippen molar-refractivity contribution >= 4 is 5.97 Å². The molecule has 86 valence electrons. The number of esters is 1. The molecule has 0 amide bonds. The quantitative estimate of drug-likeness (QED) is 0.673. The van der Waals surface area contributed by atoms with Crippen LogP contribution in [0.3, 0.4) is 0 Å². The third-order valence-corrected chi connectivity index (χ3v) is 2.22. The molecule has 0 aromatic carbocycles. The van der Waals surface area contributed by atoms with Crippen LogP contribution in [-0.4, -0.2) is 23.5 Å². The largest absolute Gasteiger partial charge is 0.458 e. The smallest absolute Gasteiger partial charge is 0.343 e. The van der Waals surface area contributed by atoms with Crippen molar-refractivity contribution in [3.05, 3.63) is 11.3 Å². The number of rotatable bonds is 1. The van der Waals surface area contributed by atoms with E-state index in [4.69, 9.17) is 9.47 Å². The molecule has 0 saturated carbocycles. The monoisotopic (exact) mass is 214 g/mol. The summed E-state index contributed by atoms with van der Waals surface area (Å²) in [6.45, 7) is 8.95. The minimum Gasteiger partial charge on any atom is -0.458 e. The molecule has 1 aliphatic rings. The number of aliphatic hydroxyl groups is 1. The van der Waals surface area contributed by atoms with Crippen molar-refractivity contribution in [1.29, 1.82) is 0 Å². The number of aliphatic hydroxyl groups excluding tert-OH is 1. The Bertz CT molecular complexity index is 296. The lowest BCUT2D eigenvalue weighted by atomic mass is 9.95. The SMILES string of the molecule is CC1=C(C(C)O)C(=O)OC(C(C)(C)C)O1. The van der Waals surface area contributed by atoms with Crippen LogP contribution in [-0.2, 0) is 14.3 Å². The van der Waals surface area contributed by atoms with Crippen LogP contribution >= 0.6 is 0 Å². The number of allylic oxidation sites excluding steroid dienone is 1. The fraction of sp³-hybridized carbons (Fsp3) is 0.727. The molecule has 1 heterocycles. The van der Waals surface area contributed by atoms with Gasteiger partial charge in [0.15, 0.2) is 0 Å². The minimum atomic E-state index is -0.863. The van der Waals surface area contributed by atoms with Crippen LogP contribution in [0.4, 0.5) is 0 Å². The highest BCUT2D eigenvalue weighted by Crippen LogP contribution is 2.31. The summed E-state index contributed by atoms with van der Waals surface area (Å²) in [6.07, 6.45) is -1.45. The molecular formula is C11H18O4. The molecule has 15 heavy (non-hydrogen) atoms. The first-order valence-electron chi connectivity index (χ1n) is 5.00. The highest BCUT2D eigenvalue weighted by Gasteiger charge is 2.37. The molecule has 2 atom stereocenters. The van der Waals surface area contributed by atoms with Gasteiger partial charge in [-0.3, -0.25) is 0 Å². The summed E-state index contributed by atoms with van der Waals surface area (Å²) in [4.78, 5) is 11.6. The van der Waals surface area contributed by atoms with Crippen LogP contribution in [0.1, 0.15) is 34.6 Å². The van der Waals surface area contributed by atoms with Gasteiger partial charge in [0.05, 0.1) is 6.10 Å². The maximum Gasteiger partial charge on any atom is 0.343 e. The number of carbonyl (C=O) groups is 1. The van der Waals surface area contributed by atoms with Gasteiger partial charge >= 0.3 is 5.97 Å². The fourth-order valence-corrected chi connectivity index (χ4v) is 1.37. The standard InChI is InChI=1S/C11H18O4/c1-6(12)8-7(2)14-10(11(3,4)5)15-9(8)13/h6,10,12H,1-5H3. The van der Waals surface area contributed by atoms with E-state index in [1.54, 1.807) is 6.92 Å². The Kier molecular flexibility index (Phi) is 3.09. The van der Waals surface area contributed by atoms with Gasteiger partial charge in [-0.05, 0) is 13.8 Å². The summed E-state index contributed by atoms with van der Waals surface area (Å²) >= 11 is 0. The van der Waals surface area contributed by atoms with Crippen LogP contribution < -0.4 is 0 Å². The molecule has 4 nitrogen and oxygen atoms in total. The zero-order valence-corrected chi connectivity index (χ0v) is 9.83. The maximum atomic E-state index is 11.6. The summed E-state index contributed by atoms with van der Waals surface area (Å²) in [5.74, 6) is -0.0464. The average Bonchev–Trinajstić information content (AvgIpc) is 1.99. The topological polar surface area (TPSA) is 55.8 Å². The Labute approximate surface area is 89.9 Å². The zero-order valence-electron chi connectivity index (χ0n) is 9.83. The third-order valence-electron chi connectivity index (χ3n) is 2.22. The zero-order chi connectivity index (χ0) is 11.8. The van der Waals surface area contributed by atoms with Gasteiger partial charge in [0.1, 0.15) is 11.3 Å². The van der Waals surface area contributed by atoms with Crippen molar-refractivity contribution in [2.75, 3.05) is 0 Å². The minimum absolute atomic E-state index is 0.204. The van der Waals surface area contributed by atoms with Gasteiger partial charge in [-0.15, -0.1) is 0 Å². The molecule has 1 rings (SSSR count). The number of hydrogen-bond acceptors (Lipinski definition) is 4. The highest BCUT2D eigenvalue weighted by molar-refractivity contribution is 5.90. The molecule has 2 unspecified atom stereocenters. The van der Waals surface area contributed by atoms with Gasteiger partial charge < -0.3 is 14.6 Å². The van der Waals surface area contributed by atoms with Crippen molar-refractivity contribution in [3.8, 4) is 0 Å². The van der Waals surface area contributed by atoms with Crippen LogP contribution in [0.15, 0.2) is 11.3 Å². The molecule has 1 N–H and O–H groups in total. The Morgan fingerprint density at radius 3 is 2.20 bits per heavy atom. The molecule has 0 aliphatic carbocycles. The van der Waals surface area contributed by atoms with Crippen molar-refractivity contribution in [2.45, 2.75) is 47.0 Å². The Balaban J connectivity index is 2.95. The number of carbonyl (C=O) groups excluding carboxylic acids is 1. The van der Waals surface area contributed by atoms with Gasteiger partial charge in [0.25, 0.3) is 0 Å². The fourth-order valence-electron chi connectivity index (χ4n) is 1.37. The van der Waals surface area contributed by atoms with E-state index in [0.717, 1.165) is 0 Å². The van der Waals surface area contributed by atoms with E-state index in [1.807, 2.05) is 20.8 Å². The van der Waals surface area contributed by atoms with E-state index in [1.165, 1.54) is 6.92 Å². The van der Waals surface area contributed by atoms with E-state index < -0.39 is 18.4 Å². The molecule has 0 aromatic heterocycles. The van der Waals surface area contributed by atoms with Crippen LogP contribution in [0.5, 0.6) is 0 Å². The lowest BCUT2D eigenvalue weighted by Crippen LogP contribution is -2.39. The predicted octanol–water partition coefficient (Wildman–Crippen LogP) is 1.59. The second kappa shape index (κ2) is 3.85. The number of hydrogen-bond donors (Lipinski definition) is 1. The summed E-state index contributed by atoms with van der Waals surface area (Å²) in [7, 11) is 0. The Morgan fingerprint density at radius 2 is 1.87 bits per heavy atom. The summed E-state index contributed by atoms with van der Waals surface area (Å²) < 4.78 is 10.6. The Hall–Kier alpha value is -1.03. The second-order valence-corrected chi connectivity index (χ2v) is 4.87.